The lowest BCUT2D eigenvalue weighted by Crippen LogP contribution is -2.61. The van der Waals surface area contributed by atoms with Crippen LogP contribution < -0.4 is 0 Å². The average molecular weight is 388 g/mol. The van der Waals surface area contributed by atoms with Gasteiger partial charge in [-0.1, -0.05) is 19.0 Å². The molecular formula is C16H29N5O4S. The lowest BCUT2D eigenvalue weighted by Gasteiger charge is -2.49. The van der Waals surface area contributed by atoms with Crippen LogP contribution in [-0.4, -0.2) is 83.1 Å². The van der Waals surface area contributed by atoms with E-state index < -0.39 is 15.8 Å². The van der Waals surface area contributed by atoms with Gasteiger partial charge < -0.3 is 9.63 Å². The van der Waals surface area contributed by atoms with Crippen molar-refractivity contribution in [3.8, 4) is 0 Å². The van der Waals surface area contributed by atoms with Gasteiger partial charge in [0.2, 0.25) is 5.89 Å². The van der Waals surface area contributed by atoms with Gasteiger partial charge >= 0.3 is 0 Å². The number of nitrogens with zero attached hydrogens (tertiary/aromatic N) is 5. The van der Waals surface area contributed by atoms with E-state index in [1.165, 1.54) is 22.7 Å². The van der Waals surface area contributed by atoms with Crippen LogP contribution in [0.1, 0.15) is 44.3 Å². The van der Waals surface area contributed by atoms with Crippen molar-refractivity contribution in [2.75, 3.05) is 40.3 Å². The minimum absolute atomic E-state index is 0.129. The zero-order valence-electron chi connectivity index (χ0n) is 15.9. The van der Waals surface area contributed by atoms with Crippen LogP contribution in [0.2, 0.25) is 0 Å². The van der Waals surface area contributed by atoms with Gasteiger partial charge in [-0.15, -0.1) is 0 Å². The molecule has 0 amide bonds. The molecule has 2 saturated heterocycles. The van der Waals surface area contributed by atoms with E-state index in [1.54, 1.807) is 0 Å². The van der Waals surface area contributed by atoms with Gasteiger partial charge in [-0.3, -0.25) is 4.90 Å². The summed E-state index contributed by atoms with van der Waals surface area (Å²) in [6.07, 6.45) is 1.10. The Hall–Kier alpha value is -1.07. The Bertz CT molecular complexity index is 735. The number of fused-ring (bicyclic) bond motifs is 1. The summed E-state index contributed by atoms with van der Waals surface area (Å²) < 4.78 is 32.8. The second kappa shape index (κ2) is 7.16. The van der Waals surface area contributed by atoms with Crippen molar-refractivity contribution in [1.82, 2.24) is 23.7 Å². The first kappa shape index (κ1) is 19.7. The summed E-state index contributed by atoms with van der Waals surface area (Å²) in [6, 6.07) is 0. The van der Waals surface area contributed by atoms with Crippen LogP contribution >= 0.6 is 0 Å². The molecule has 1 N–H and O–H groups in total. The topological polar surface area (TPSA) is 103 Å². The lowest BCUT2D eigenvalue weighted by molar-refractivity contribution is -0.103. The van der Waals surface area contributed by atoms with E-state index in [9.17, 15) is 13.5 Å². The molecule has 0 spiro atoms. The lowest BCUT2D eigenvalue weighted by atomic mass is 9.76. The first-order valence-corrected chi connectivity index (χ1v) is 10.5. The predicted octanol–water partition coefficient (Wildman–Crippen LogP) is 0.258. The molecule has 2 aliphatic rings. The van der Waals surface area contributed by atoms with Crippen LogP contribution in [0, 0.1) is 5.92 Å². The van der Waals surface area contributed by atoms with Crippen molar-refractivity contribution in [1.29, 1.82) is 0 Å². The molecule has 1 aromatic heterocycles. The van der Waals surface area contributed by atoms with E-state index in [4.69, 9.17) is 4.52 Å². The molecule has 2 aliphatic heterocycles. The summed E-state index contributed by atoms with van der Waals surface area (Å²) in [4.78, 5) is 6.57. The molecule has 0 saturated carbocycles. The summed E-state index contributed by atoms with van der Waals surface area (Å²) in [5.74, 6) is 1.31. The standard InChI is InChI=1S/C16H29N5O4S/c1-12(2)15-17-14(18-25-15)11-20-7-5-16(22)6-8-21(10-13(16)9-20)26(23,24)19(3)4/h12-13,22H,5-11H2,1-4H3/t13-,16-/m1/s1. The van der Waals surface area contributed by atoms with Gasteiger partial charge in [-0.05, 0) is 12.8 Å². The maximum atomic E-state index is 12.4. The molecule has 1 aromatic rings. The summed E-state index contributed by atoms with van der Waals surface area (Å²) in [5, 5.41) is 15.0. The zero-order valence-corrected chi connectivity index (χ0v) is 16.7. The Balaban J connectivity index is 1.68. The van der Waals surface area contributed by atoms with E-state index in [2.05, 4.69) is 15.0 Å². The molecular weight excluding hydrogens is 358 g/mol. The van der Waals surface area contributed by atoms with Gasteiger partial charge in [0.25, 0.3) is 10.2 Å². The molecule has 2 atom stereocenters. The molecule has 0 unspecified atom stereocenters. The Morgan fingerprint density at radius 2 is 2.00 bits per heavy atom. The third kappa shape index (κ3) is 3.79. The van der Waals surface area contributed by atoms with Crippen molar-refractivity contribution < 1.29 is 18.0 Å². The Morgan fingerprint density at radius 3 is 2.62 bits per heavy atom. The highest BCUT2D eigenvalue weighted by Gasteiger charge is 2.47. The maximum absolute atomic E-state index is 12.4. The Kier molecular flexibility index (Phi) is 5.42. The van der Waals surface area contributed by atoms with Gasteiger partial charge in [0.1, 0.15) is 0 Å². The number of aromatic nitrogens is 2. The molecule has 148 valence electrons. The molecule has 9 nitrogen and oxygen atoms in total. The van der Waals surface area contributed by atoms with Crippen molar-refractivity contribution in [2.45, 2.75) is 44.8 Å². The number of likely N-dealkylation sites (tertiary alicyclic amines) is 1. The fourth-order valence-corrected chi connectivity index (χ4v) is 4.84. The van der Waals surface area contributed by atoms with E-state index in [1.807, 2.05) is 13.8 Å². The normalized spacial score (nSPS) is 28.7. The molecule has 2 fully saturated rings. The third-order valence-corrected chi connectivity index (χ3v) is 7.36. The number of rotatable bonds is 5. The number of aliphatic hydroxyl groups is 1. The first-order valence-electron chi connectivity index (χ1n) is 9.06. The minimum Gasteiger partial charge on any atom is -0.389 e. The largest absolute Gasteiger partial charge is 0.389 e. The SMILES string of the molecule is CC(C)c1nc(CN2CC[C@@]3(O)CCN(S(=O)(=O)N(C)C)C[C@H]3C2)no1. The number of hydrogen-bond acceptors (Lipinski definition) is 7. The highest BCUT2D eigenvalue weighted by Crippen LogP contribution is 2.36. The van der Waals surface area contributed by atoms with Crippen LogP contribution in [-0.2, 0) is 16.8 Å². The van der Waals surface area contributed by atoms with Crippen molar-refractivity contribution in [3.63, 3.8) is 0 Å². The Morgan fingerprint density at radius 1 is 1.31 bits per heavy atom. The second-order valence-corrected chi connectivity index (χ2v) is 10.0. The highest BCUT2D eigenvalue weighted by atomic mass is 32.2. The average Bonchev–Trinajstić information content (AvgIpc) is 3.03. The maximum Gasteiger partial charge on any atom is 0.281 e. The monoisotopic (exact) mass is 387 g/mol. The molecule has 0 bridgehead atoms. The quantitative estimate of drug-likeness (QED) is 0.773. The number of hydrogen-bond donors (Lipinski definition) is 1. The van der Waals surface area contributed by atoms with E-state index in [0.29, 0.717) is 50.7 Å². The van der Waals surface area contributed by atoms with Crippen LogP contribution in [0.15, 0.2) is 4.52 Å². The first-order chi connectivity index (χ1) is 12.1. The molecule has 26 heavy (non-hydrogen) atoms. The summed E-state index contributed by atoms with van der Waals surface area (Å²) >= 11 is 0. The summed E-state index contributed by atoms with van der Waals surface area (Å²) in [5.41, 5.74) is -0.796. The minimum atomic E-state index is -3.46. The zero-order chi connectivity index (χ0) is 19.1. The molecule has 0 aliphatic carbocycles. The van der Waals surface area contributed by atoms with Crippen molar-refractivity contribution in [3.05, 3.63) is 11.7 Å². The van der Waals surface area contributed by atoms with Crippen LogP contribution in [0.25, 0.3) is 0 Å². The van der Waals surface area contributed by atoms with Gasteiger partial charge in [0, 0.05) is 52.1 Å². The van der Waals surface area contributed by atoms with Gasteiger partial charge in [-0.2, -0.15) is 22.0 Å². The smallest absolute Gasteiger partial charge is 0.281 e. The predicted molar refractivity (Wildman–Crippen MR) is 95.5 cm³/mol. The fourth-order valence-electron chi connectivity index (χ4n) is 3.69. The van der Waals surface area contributed by atoms with Gasteiger partial charge in [-0.25, -0.2) is 0 Å². The van der Waals surface area contributed by atoms with E-state index in [-0.39, 0.29) is 11.8 Å². The third-order valence-electron chi connectivity index (χ3n) is 5.45. The molecule has 3 heterocycles. The highest BCUT2D eigenvalue weighted by molar-refractivity contribution is 7.86. The summed E-state index contributed by atoms with van der Waals surface area (Å²) in [6.45, 7) is 6.58. The Labute approximate surface area is 155 Å². The van der Waals surface area contributed by atoms with E-state index >= 15 is 0 Å². The fraction of sp³-hybridized carbons (Fsp3) is 0.875. The summed E-state index contributed by atoms with van der Waals surface area (Å²) in [7, 11) is -0.395. The van der Waals surface area contributed by atoms with Crippen LogP contribution in [0.4, 0.5) is 0 Å². The molecule has 0 radical (unpaired) electrons. The molecule has 10 heteroatoms. The number of piperidine rings is 2. The second-order valence-electron chi connectivity index (χ2n) is 7.89. The van der Waals surface area contributed by atoms with Gasteiger partial charge in [0.15, 0.2) is 5.82 Å². The van der Waals surface area contributed by atoms with E-state index in [0.717, 1.165) is 6.54 Å². The van der Waals surface area contributed by atoms with Crippen molar-refractivity contribution in [2.24, 2.45) is 5.92 Å². The van der Waals surface area contributed by atoms with Crippen LogP contribution in [0.3, 0.4) is 0 Å². The molecule has 0 aromatic carbocycles. The van der Waals surface area contributed by atoms with Gasteiger partial charge in [0.05, 0.1) is 12.1 Å². The van der Waals surface area contributed by atoms with Crippen LogP contribution in [0.5, 0.6) is 0 Å². The van der Waals surface area contributed by atoms with Crippen molar-refractivity contribution >= 4 is 10.2 Å². The molecule has 3 rings (SSSR count).